The third-order valence-electron chi connectivity index (χ3n) is 3.85. The number of halogens is 1. The van der Waals surface area contributed by atoms with Crippen LogP contribution in [0.1, 0.15) is 23.2 Å². The number of Topliss-reactive ketones (excluding diaryl/α,β-unsaturated/α-hetero) is 1. The van der Waals surface area contributed by atoms with E-state index in [0.717, 1.165) is 0 Å². The van der Waals surface area contributed by atoms with E-state index in [1.165, 1.54) is 41.8 Å². The van der Waals surface area contributed by atoms with E-state index in [9.17, 15) is 18.0 Å². The largest absolute Gasteiger partial charge is 0.326 e. The summed E-state index contributed by atoms with van der Waals surface area (Å²) in [7, 11) is -3.75. The molecule has 0 fully saturated rings. The third kappa shape index (κ3) is 5.86. The lowest BCUT2D eigenvalue weighted by Gasteiger charge is -2.08. The topological polar surface area (TPSA) is 105 Å². The second kappa shape index (κ2) is 9.17. The first-order valence-corrected chi connectivity index (χ1v) is 11.2. The van der Waals surface area contributed by atoms with Crippen LogP contribution in [-0.4, -0.2) is 25.1 Å². The van der Waals surface area contributed by atoms with Crippen LogP contribution in [0.5, 0.6) is 0 Å². The van der Waals surface area contributed by atoms with Crippen molar-refractivity contribution >= 4 is 55.5 Å². The minimum absolute atomic E-state index is 0.00706. The molecule has 0 spiro atoms. The summed E-state index contributed by atoms with van der Waals surface area (Å²) in [6.07, 6.45) is 1.56. The van der Waals surface area contributed by atoms with Gasteiger partial charge in [0.2, 0.25) is 5.91 Å². The number of benzene rings is 2. The van der Waals surface area contributed by atoms with E-state index in [2.05, 4.69) is 15.0 Å². The van der Waals surface area contributed by atoms with Crippen LogP contribution >= 0.6 is 22.9 Å². The number of aromatic nitrogens is 1. The normalized spacial score (nSPS) is 11.1. The molecule has 0 bridgehead atoms. The SMILES string of the molecule is O=C(CCC(=O)c1ccc(Cl)cc1)Nc1ccc(S(=O)(=O)Nc2nccs2)cc1. The Morgan fingerprint density at radius 1 is 1.00 bits per heavy atom. The highest BCUT2D eigenvalue weighted by Crippen LogP contribution is 2.20. The molecular formula is C19H16ClN3O4S2. The van der Waals surface area contributed by atoms with Gasteiger partial charge >= 0.3 is 0 Å². The van der Waals surface area contributed by atoms with Crippen molar-refractivity contribution in [2.45, 2.75) is 17.7 Å². The van der Waals surface area contributed by atoms with Gasteiger partial charge in [-0.25, -0.2) is 13.4 Å². The number of hydrogen-bond donors (Lipinski definition) is 2. The van der Waals surface area contributed by atoms with Gasteiger partial charge in [-0.1, -0.05) is 11.6 Å². The maximum absolute atomic E-state index is 12.3. The molecule has 1 heterocycles. The Bertz CT molecular complexity index is 1100. The zero-order valence-electron chi connectivity index (χ0n) is 15.0. The smallest absolute Gasteiger partial charge is 0.263 e. The molecular weight excluding hydrogens is 434 g/mol. The van der Waals surface area contributed by atoms with E-state index in [-0.39, 0.29) is 34.6 Å². The molecule has 0 saturated heterocycles. The van der Waals surface area contributed by atoms with Gasteiger partial charge in [0.1, 0.15) is 0 Å². The van der Waals surface area contributed by atoms with Crippen LogP contribution < -0.4 is 10.0 Å². The van der Waals surface area contributed by atoms with Crippen molar-refractivity contribution in [1.82, 2.24) is 4.98 Å². The Balaban J connectivity index is 1.54. The fourth-order valence-corrected chi connectivity index (χ4v) is 4.31. The van der Waals surface area contributed by atoms with Crippen LogP contribution in [0.2, 0.25) is 5.02 Å². The molecule has 150 valence electrons. The molecule has 3 aromatic rings. The van der Waals surface area contributed by atoms with Crippen molar-refractivity contribution in [1.29, 1.82) is 0 Å². The van der Waals surface area contributed by atoms with E-state index in [1.807, 2.05) is 0 Å². The Morgan fingerprint density at radius 2 is 1.69 bits per heavy atom. The molecule has 0 radical (unpaired) electrons. The minimum Gasteiger partial charge on any atom is -0.326 e. The first-order valence-electron chi connectivity index (χ1n) is 8.44. The molecule has 0 saturated carbocycles. The van der Waals surface area contributed by atoms with Crippen LogP contribution in [0.3, 0.4) is 0 Å². The maximum Gasteiger partial charge on any atom is 0.263 e. The van der Waals surface area contributed by atoms with Crippen molar-refractivity contribution in [3.05, 3.63) is 70.7 Å². The molecule has 29 heavy (non-hydrogen) atoms. The van der Waals surface area contributed by atoms with E-state index < -0.39 is 10.0 Å². The number of carbonyl (C=O) groups excluding carboxylic acids is 2. The molecule has 2 aromatic carbocycles. The van der Waals surface area contributed by atoms with Gasteiger partial charge in [0.25, 0.3) is 10.0 Å². The van der Waals surface area contributed by atoms with E-state index in [0.29, 0.717) is 16.3 Å². The predicted octanol–water partition coefficient (Wildman–Crippen LogP) is 4.20. The molecule has 0 atom stereocenters. The number of anilines is 2. The first-order chi connectivity index (χ1) is 13.8. The number of nitrogens with zero attached hydrogens (tertiary/aromatic N) is 1. The van der Waals surface area contributed by atoms with Crippen LogP contribution in [0.15, 0.2) is 65.0 Å². The third-order valence-corrected chi connectivity index (χ3v) is 6.27. The molecule has 0 aliphatic rings. The zero-order valence-corrected chi connectivity index (χ0v) is 17.4. The number of nitrogens with one attached hydrogen (secondary N) is 2. The number of carbonyl (C=O) groups is 2. The number of ketones is 1. The van der Waals surface area contributed by atoms with E-state index >= 15 is 0 Å². The van der Waals surface area contributed by atoms with Crippen LogP contribution in [0.4, 0.5) is 10.8 Å². The van der Waals surface area contributed by atoms with Gasteiger partial charge in [0.15, 0.2) is 10.9 Å². The Labute approximate surface area is 176 Å². The maximum atomic E-state index is 12.3. The van der Waals surface area contributed by atoms with Crippen molar-refractivity contribution in [3.63, 3.8) is 0 Å². The number of thiazole rings is 1. The molecule has 3 rings (SSSR count). The van der Waals surface area contributed by atoms with Crippen molar-refractivity contribution in [2.75, 3.05) is 10.0 Å². The second-order valence-corrected chi connectivity index (χ2v) is 8.96. The Morgan fingerprint density at radius 3 is 2.31 bits per heavy atom. The van der Waals surface area contributed by atoms with Gasteiger partial charge < -0.3 is 5.32 Å². The van der Waals surface area contributed by atoms with Gasteiger partial charge in [-0.05, 0) is 48.5 Å². The first kappa shape index (κ1) is 21.0. The minimum atomic E-state index is -3.75. The predicted molar refractivity (Wildman–Crippen MR) is 113 cm³/mol. The lowest BCUT2D eigenvalue weighted by atomic mass is 10.1. The molecule has 0 aliphatic heterocycles. The molecule has 1 aromatic heterocycles. The monoisotopic (exact) mass is 449 g/mol. The van der Waals surface area contributed by atoms with Crippen molar-refractivity contribution in [2.24, 2.45) is 0 Å². The zero-order chi connectivity index (χ0) is 20.9. The standard InChI is InChI=1S/C19H16ClN3O4S2/c20-14-3-1-13(2-4-14)17(24)9-10-18(25)22-15-5-7-16(8-6-15)29(26,27)23-19-21-11-12-28-19/h1-8,11-12H,9-10H2,(H,21,23)(H,22,25). The number of hydrogen-bond acceptors (Lipinski definition) is 6. The summed E-state index contributed by atoms with van der Waals surface area (Å²) in [6, 6.07) is 12.2. The Kier molecular flexibility index (Phi) is 6.63. The Hall–Kier alpha value is -2.75. The lowest BCUT2D eigenvalue weighted by molar-refractivity contribution is -0.116. The fraction of sp³-hybridized carbons (Fsp3) is 0.105. The average Bonchev–Trinajstić information content (AvgIpc) is 3.19. The highest BCUT2D eigenvalue weighted by atomic mass is 35.5. The van der Waals surface area contributed by atoms with Gasteiger partial charge in [0, 0.05) is 40.7 Å². The summed E-state index contributed by atoms with van der Waals surface area (Å²) in [5.41, 5.74) is 0.923. The number of amides is 1. The summed E-state index contributed by atoms with van der Waals surface area (Å²) in [4.78, 5) is 28.1. The van der Waals surface area contributed by atoms with Gasteiger partial charge in [-0.15, -0.1) is 11.3 Å². The summed E-state index contributed by atoms with van der Waals surface area (Å²) in [5.74, 6) is -0.504. The van der Waals surface area contributed by atoms with Crippen LogP contribution in [-0.2, 0) is 14.8 Å². The van der Waals surface area contributed by atoms with Crippen LogP contribution in [0.25, 0.3) is 0 Å². The average molecular weight is 450 g/mol. The quantitative estimate of drug-likeness (QED) is 0.501. The number of rotatable bonds is 8. The second-order valence-electron chi connectivity index (χ2n) is 5.95. The summed E-state index contributed by atoms with van der Waals surface area (Å²) < 4.78 is 27.0. The summed E-state index contributed by atoms with van der Waals surface area (Å²) in [6.45, 7) is 0. The molecule has 10 heteroatoms. The molecule has 2 N–H and O–H groups in total. The van der Waals surface area contributed by atoms with Gasteiger partial charge in [-0.2, -0.15) is 0 Å². The fourth-order valence-electron chi connectivity index (χ4n) is 2.40. The van der Waals surface area contributed by atoms with Gasteiger partial charge in [0.05, 0.1) is 4.90 Å². The summed E-state index contributed by atoms with van der Waals surface area (Å²) >= 11 is 6.96. The molecule has 0 aliphatic carbocycles. The highest BCUT2D eigenvalue weighted by molar-refractivity contribution is 7.93. The van der Waals surface area contributed by atoms with E-state index in [1.54, 1.807) is 29.6 Å². The molecule has 0 unspecified atom stereocenters. The molecule has 7 nitrogen and oxygen atoms in total. The van der Waals surface area contributed by atoms with E-state index in [4.69, 9.17) is 11.6 Å². The van der Waals surface area contributed by atoms with Crippen LogP contribution in [0, 0.1) is 0 Å². The van der Waals surface area contributed by atoms with Crippen molar-refractivity contribution in [3.8, 4) is 0 Å². The van der Waals surface area contributed by atoms with Gasteiger partial charge in [-0.3, -0.25) is 14.3 Å². The highest BCUT2D eigenvalue weighted by Gasteiger charge is 2.16. The number of sulfonamides is 1. The molecule has 1 amide bonds. The van der Waals surface area contributed by atoms with Crippen molar-refractivity contribution < 1.29 is 18.0 Å². The lowest BCUT2D eigenvalue weighted by Crippen LogP contribution is -2.14. The summed E-state index contributed by atoms with van der Waals surface area (Å²) in [5, 5.41) is 5.11.